The van der Waals surface area contributed by atoms with Crippen LogP contribution in [-0.2, 0) is 12.8 Å². The molecular formula is C19H24O4. The molecule has 0 radical (unpaired) electrons. The van der Waals surface area contributed by atoms with Gasteiger partial charge in [-0.2, -0.15) is 0 Å². The van der Waals surface area contributed by atoms with Crippen molar-refractivity contribution in [3.8, 4) is 17.2 Å². The zero-order valence-electron chi connectivity index (χ0n) is 13.2. The number of unbranched alkanes of at least 4 members (excludes halogenated alkanes) is 1. The largest absolute Gasteiger partial charge is 0.508 e. The van der Waals surface area contributed by atoms with E-state index in [9.17, 15) is 20.4 Å². The molecule has 4 N–H and O–H groups in total. The normalized spacial score (nSPS) is 12.2. The van der Waals surface area contributed by atoms with E-state index in [1.165, 1.54) is 6.07 Å². The predicted octanol–water partition coefficient (Wildman–Crippen LogP) is 3.51. The van der Waals surface area contributed by atoms with Crippen LogP contribution < -0.4 is 0 Å². The van der Waals surface area contributed by atoms with E-state index in [1.54, 1.807) is 24.3 Å². The molecule has 0 aliphatic heterocycles. The molecule has 0 spiro atoms. The lowest BCUT2D eigenvalue weighted by atomic mass is 10.0. The van der Waals surface area contributed by atoms with E-state index in [-0.39, 0.29) is 23.4 Å². The molecule has 0 bridgehead atoms. The molecule has 0 aromatic heterocycles. The van der Waals surface area contributed by atoms with Gasteiger partial charge in [0, 0.05) is 0 Å². The highest BCUT2D eigenvalue weighted by Gasteiger charge is 2.06. The Morgan fingerprint density at radius 2 is 1.39 bits per heavy atom. The zero-order valence-corrected chi connectivity index (χ0v) is 13.2. The van der Waals surface area contributed by atoms with Crippen LogP contribution in [0.25, 0.3) is 0 Å². The smallest absolute Gasteiger partial charge is 0.157 e. The molecule has 0 saturated heterocycles. The van der Waals surface area contributed by atoms with Gasteiger partial charge >= 0.3 is 0 Å². The topological polar surface area (TPSA) is 80.9 Å². The van der Waals surface area contributed by atoms with Crippen molar-refractivity contribution in [2.75, 3.05) is 0 Å². The molecule has 4 heteroatoms. The molecule has 0 aliphatic rings. The molecule has 23 heavy (non-hydrogen) atoms. The Kier molecular flexibility index (Phi) is 6.29. The molecular weight excluding hydrogens is 292 g/mol. The van der Waals surface area contributed by atoms with Gasteiger partial charge in [0.05, 0.1) is 6.10 Å². The van der Waals surface area contributed by atoms with Crippen LogP contribution in [-0.4, -0.2) is 26.5 Å². The summed E-state index contributed by atoms with van der Waals surface area (Å²) in [7, 11) is 0. The molecule has 2 rings (SSSR count). The lowest BCUT2D eigenvalue weighted by Crippen LogP contribution is -2.08. The van der Waals surface area contributed by atoms with Crippen LogP contribution in [0.1, 0.15) is 36.8 Å². The lowest BCUT2D eigenvalue weighted by molar-refractivity contribution is 0.151. The summed E-state index contributed by atoms with van der Waals surface area (Å²) in [6.07, 6.45) is 4.61. The number of hydrogen-bond acceptors (Lipinski definition) is 4. The van der Waals surface area contributed by atoms with Crippen molar-refractivity contribution in [3.63, 3.8) is 0 Å². The number of phenolic OH excluding ortho intramolecular Hbond substituents is 3. The summed E-state index contributed by atoms with van der Waals surface area (Å²) in [5.41, 5.74) is 2.10. The fourth-order valence-corrected chi connectivity index (χ4v) is 2.57. The fourth-order valence-electron chi connectivity index (χ4n) is 2.57. The summed E-state index contributed by atoms with van der Waals surface area (Å²) in [4.78, 5) is 0. The van der Waals surface area contributed by atoms with Gasteiger partial charge < -0.3 is 20.4 Å². The minimum absolute atomic E-state index is 0.0866. The molecule has 124 valence electrons. The van der Waals surface area contributed by atoms with Crippen LogP contribution in [0.15, 0.2) is 42.5 Å². The Balaban J connectivity index is 1.63. The fraction of sp³-hybridized carbons (Fsp3) is 0.368. The Bertz CT molecular complexity index is 607. The second-order valence-electron chi connectivity index (χ2n) is 5.93. The van der Waals surface area contributed by atoms with Gasteiger partial charge in [0.15, 0.2) is 11.5 Å². The van der Waals surface area contributed by atoms with Crippen molar-refractivity contribution in [3.05, 3.63) is 53.6 Å². The third-order valence-electron chi connectivity index (χ3n) is 4.00. The maximum absolute atomic E-state index is 10.0. The molecule has 4 nitrogen and oxygen atoms in total. The first kappa shape index (κ1) is 17.2. The van der Waals surface area contributed by atoms with Gasteiger partial charge in [-0.15, -0.1) is 0 Å². The minimum atomic E-state index is -0.322. The standard InChI is InChI=1S/C19H24O4/c20-16(9-5-14-6-10-17(21)11-7-14)4-2-1-3-15-8-12-18(22)19(23)13-15/h6-8,10-13,16,20-23H,1-5,9H2/t16-/m0/s1. The van der Waals surface area contributed by atoms with Crippen molar-refractivity contribution < 1.29 is 20.4 Å². The van der Waals surface area contributed by atoms with E-state index in [0.29, 0.717) is 6.42 Å². The third kappa shape index (κ3) is 5.83. The van der Waals surface area contributed by atoms with E-state index in [2.05, 4.69) is 0 Å². The van der Waals surface area contributed by atoms with E-state index in [0.717, 1.165) is 43.2 Å². The highest BCUT2D eigenvalue weighted by atomic mass is 16.3. The number of hydrogen-bond donors (Lipinski definition) is 4. The number of aryl methyl sites for hydroxylation is 2. The quantitative estimate of drug-likeness (QED) is 0.444. The number of aliphatic hydroxyl groups excluding tert-OH is 1. The summed E-state index contributed by atoms with van der Waals surface area (Å²) >= 11 is 0. The maximum atomic E-state index is 10.0. The second-order valence-corrected chi connectivity index (χ2v) is 5.93. The van der Waals surface area contributed by atoms with Crippen molar-refractivity contribution in [1.82, 2.24) is 0 Å². The third-order valence-corrected chi connectivity index (χ3v) is 4.00. The molecule has 2 aromatic rings. The summed E-state index contributed by atoms with van der Waals surface area (Å²) in [5.74, 6) is 0.0735. The molecule has 0 fully saturated rings. The average molecular weight is 316 g/mol. The van der Waals surface area contributed by atoms with Gasteiger partial charge in [0.25, 0.3) is 0 Å². The summed E-state index contributed by atoms with van der Waals surface area (Å²) < 4.78 is 0. The first-order valence-electron chi connectivity index (χ1n) is 8.01. The number of benzene rings is 2. The molecule has 0 heterocycles. The summed E-state index contributed by atoms with van der Waals surface area (Å²) in [5, 5.41) is 37.9. The van der Waals surface area contributed by atoms with Crippen molar-refractivity contribution in [2.45, 2.75) is 44.6 Å². The Labute approximate surface area is 136 Å². The van der Waals surface area contributed by atoms with Gasteiger partial charge in [-0.05, 0) is 67.5 Å². The SMILES string of the molecule is Oc1ccc(CC[C@@H](O)CCCCc2ccc(O)c(O)c2)cc1. The number of aliphatic hydroxyl groups is 1. The van der Waals surface area contributed by atoms with E-state index in [1.807, 2.05) is 12.1 Å². The van der Waals surface area contributed by atoms with Crippen LogP contribution in [0.5, 0.6) is 17.2 Å². The van der Waals surface area contributed by atoms with Gasteiger partial charge in [0.2, 0.25) is 0 Å². The van der Waals surface area contributed by atoms with Crippen LogP contribution in [0.3, 0.4) is 0 Å². The van der Waals surface area contributed by atoms with E-state index in [4.69, 9.17) is 0 Å². The first-order chi connectivity index (χ1) is 11.0. The molecule has 0 aliphatic carbocycles. The highest BCUT2D eigenvalue weighted by Crippen LogP contribution is 2.25. The Hall–Kier alpha value is -2.20. The number of rotatable bonds is 8. The van der Waals surface area contributed by atoms with Crippen LogP contribution in [0, 0.1) is 0 Å². The summed E-state index contributed by atoms with van der Waals surface area (Å²) in [6, 6.07) is 12.0. The minimum Gasteiger partial charge on any atom is -0.508 e. The zero-order chi connectivity index (χ0) is 16.7. The highest BCUT2D eigenvalue weighted by molar-refractivity contribution is 5.40. The van der Waals surface area contributed by atoms with Crippen molar-refractivity contribution in [2.24, 2.45) is 0 Å². The predicted molar refractivity (Wildman–Crippen MR) is 89.8 cm³/mol. The van der Waals surface area contributed by atoms with Crippen molar-refractivity contribution >= 4 is 0 Å². The second kappa shape index (κ2) is 8.44. The van der Waals surface area contributed by atoms with Gasteiger partial charge in [-0.3, -0.25) is 0 Å². The molecule has 1 atom stereocenters. The van der Waals surface area contributed by atoms with Gasteiger partial charge in [0.1, 0.15) is 5.75 Å². The van der Waals surface area contributed by atoms with Crippen LogP contribution in [0.4, 0.5) is 0 Å². The Morgan fingerprint density at radius 1 is 0.696 bits per heavy atom. The lowest BCUT2D eigenvalue weighted by Gasteiger charge is -2.10. The summed E-state index contributed by atoms with van der Waals surface area (Å²) in [6.45, 7) is 0. The Morgan fingerprint density at radius 3 is 2.09 bits per heavy atom. The van der Waals surface area contributed by atoms with Crippen LogP contribution in [0.2, 0.25) is 0 Å². The van der Waals surface area contributed by atoms with Crippen molar-refractivity contribution in [1.29, 1.82) is 0 Å². The molecule has 2 aromatic carbocycles. The van der Waals surface area contributed by atoms with E-state index < -0.39 is 0 Å². The van der Waals surface area contributed by atoms with E-state index >= 15 is 0 Å². The van der Waals surface area contributed by atoms with Crippen LogP contribution >= 0.6 is 0 Å². The molecule has 0 saturated carbocycles. The molecule has 0 unspecified atom stereocenters. The first-order valence-corrected chi connectivity index (χ1v) is 8.01. The number of aromatic hydroxyl groups is 3. The van der Waals surface area contributed by atoms with Gasteiger partial charge in [-0.1, -0.05) is 24.6 Å². The van der Waals surface area contributed by atoms with Gasteiger partial charge in [-0.25, -0.2) is 0 Å². The maximum Gasteiger partial charge on any atom is 0.157 e. The number of phenols is 3. The monoisotopic (exact) mass is 316 g/mol. The average Bonchev–Trinajstić information content (AvgIpc) is 2.54. The molecule has 0 amide bonds.